The first-order chi connectivity index (χ1) is 8.78. The summed E-state index contributed by atoms with van der Waals surface area (Å²) < 4.78 is 5.20. The Morgan fingerprint density at radius 2 is 1.79 bits per heavy atom. The number of hydrogen-bond donors (Lipinski definition) is 2. The summed E-state index contributed by atoms with van der Waals surface area (Å²) in [6, 6.07) is 0.149. The van der Waals surface area contributed by atoms with Crippen molar-refractivity contribution in [3.8, 4) is 0 Å². The van der Waals surface area contributed by atoms with Gasteiger partial charge in [0.2, 0.25) is 0 Å². The number of hydrogen-bond acceptors (Lipinski definition) is 3. The lowest BCUT2D eigenvalue weighted by atomic mass is 10.1. The van der Waals surface area contributed by atoms with Crippen LogP contribution in [0.2, 0.25) is 0 Å². The van der Waals surface area contributed by atoms with Crippen molar-refractivity contribution >= 4 is 23.4 Å². The highest BCUT2D eigenvalue weighted by Gasteiger charge is 2.23. The SMILES string of the molecule is CC.CC(C)(C)OC(=O)NC1CCN(C(N)=S)CC1. The van der Waals surface area contributed by atoms with Crippen LogP contribution in [-0.2, 0) is 4.74 Å². The summed E-state index contributed by atoms with van der Waals surface area (Å²) in [5.74, 6) is 0. The van der Waals surface area contributed by atoms with Crippen LogP contribution < -0.4 is 11.1 Å². The number of nitrogens with two attached hydrogens (primary N) is 1. The van der Waals surface area contributed by atoms with Crippen LogP contribution >= 0.6 is 12.2 Å². The van der Waals surface area contributed by atoms with Crippen LogP contribution in [-0.4, -0.2) is 40.8 Å². The highest BCUT2D eigenvalue weighted by molar-refractivity contribution is 7.80. The molecule has 0 aliphatic carbocycles. The first-order valence-electron chi connectivity index (χ1n) is 6.82. The fourth-order valence-corrected chi connectivity index (χ4v) is 1.90. The van der Waals surface area contributed by atoms with E-state index in [2.05, 4.69) is 5.32 Å². The number of carbonyl (C=O) groups excluding carboxylic acids is 1. The molecule has 5 nitrogen and oxygen atoms in total. The zero-order valence-electron chi connectivity index (χ0n) is 12.7. The van der Waals surface area contributed by atoms with Crippen molar-refractivity contribution in [1.29, 1.82) is 0 Å². The summed E-state index contributed by atoms with van der Waals surface area (Å²) in [6.07, 6.45) is 1.33. The maximum Gasteiger partial charge on any atom is 0.407 e. The number of nitrogens with zero attached hydrogens (tertiary/aromatic N) is 1. The topological polar surface area (TPSA) is 67.6 Å². The molecule has 1 aliphatic heterocycles. The van der Waals surface area contributed by atoms with E-state index in [1.807, 2.05) is 39.5 Å². The molecule has 1 fully saturated rings. The predicted molar refractivity (Wildman–Crippen MR) is 82.1 cm³/mol. The van der Waals surface area contributed by atoms with Crippen LogP contribution in [0.1, 0.15) is 47.5 Å². The third-order valence-electron chi connectivity index (χ3n) is 2.53. The Bertz CT molecular complexity index is 295. The molecule has 1 rings (SSSR count). The Hall–Kier alpha value is -1.04. The van der Waals surface area contributed by atoms with Crippen LogP contribution in [0.4, 0.5) is 4.79 Å². The van der Waals surface area contributed by atoms with Gasteiger partial charge in [0.25, 0.3) is 0 Å². The monoisotopic (exact) mass is 289 g/mol. The van der Waals surface area contributed by atoms with Crippen LogP contribution in [0.5, 0.6) is 0 Å². The molecule has 0 radical (unpaired) electrons. The molecule has 0 aromatic rings. The van der Waals surface area contributed by atoms with Gasteiger partial charge in [-0.15, -0.1) is 0 Å². The fraction of sp³-hybridized carbons (Fsp3) is 0.846. The van der Waals surface area contributed by atoms with Gasteiger partial charge < -0.3 is 20.7 Å². The van der Waals surface area contributed by atoms with E-state index in [4.69, 9.17) is 22.7 Å². The van der Waals surface area contributed by atoms with Crippen molar-refractivity contribution in [2.45, 2.75) is 59.1 Å². The molecule has 1 amide bonds. The second kappa shape index (κ2) is 8.19. The molecule has 0 atom stereocenters. The maximum atomic E-state index is 11.5. The highest BCUT2D eigenvalue weighted by atomic mass is 32.1. The summed E-state index contributed by atoms with van der Waals surface area (Å²) in [5.41, 5.74) is 5.09. The zero-order valence-corrected chi connectivity index (χ0v) is 13.5. The molecule has 0 aromatic carbocycles. The van der Waals surface area contributed by atoms with Gasteiger partial charge in [0.15, 0.2) is 5.11 Å². The van der Waals surface area contributed by atoms with Crippen LogP contribution in [0, 0.1) is 0 Å². The van der Waals surface area contributed by atoms with Crippen LogP contribution in [0.15, 0.2) is 0 Å². The molecule has 3 N–H and O–H groups in total. The van der Waals surface area contributed by atoms with Gasteiger partial charge in [-0.05, 0) is 45.8 Å². The minimum Gasteiger partial charge on any atom is -0.444 e. The molecule has 0 bridgehead atoms. The van der Waals surface area contributed by atoms with E-state index in [0.717, 1.165) is 25.9 Å². The van der Waals surface area contributed by atoms with Gasteiger partial charge in [0, 0.05) is 19.1 Å². The van der Waals surface area contributed by atoms with Gasteiger partial charge >= 0.3 is 6.09 Å². The lowest BCUT2D eigenvalue weighted by molar-refractivity contribution is 0.0488. The Labute approximate surface area is 121 Å². The first-order valence-corrected chi connectivity index (χ1v) is 7.22. The van der Waals surface area contributed by atoms with Crippen LogP contribution in [0.3, 0.4) is 0 Å². The summed E-state index contributed by atoms with van der Waals surface area (Å²) in [5, 5.41) is 3.29. The molecule has 0 saturated carbocycles. The smallest absolute Gasteiger partial charge is 0.407 e. The van der Waals surface area contributed by atoms with Gasteiger partial charge in [-0.2, -0.15) is 0 Å². The number of carbonyl (C=O) groups is 1. The molecule has 112 valence electrons. The molecule has 1 saturated heterocycles. The molecule has 6 heteroatoms. The Kier molecular flexibility index (Phi) is 7.75. The molecular weight excluding hydrogens is 262 g/mol. The second-order valence-corrected chi connectivity index (χ2v) is 5.66. The van der Waals surface area contributed by atoms with Crippen molar-refractivity contribution in [1.82, 2.24) is 10.2 Å². The van der Waals surface area contributed by atoms with E-state index in [1.165, 1.54) is 0 Å². The quantitative estimate of drug-likeness (QED) is 0.725. The molecule has 19 heavy (non-hydrogen) atoms. The molecule has 1 heterocycles. The number of rotatable bonds is 1. The number of likely N-dealkylation sites (tertiary alicyclic amines) is 1. The second-order valence-electron chi connectivity index (χ2n) is 5.25. The van der Waals surface area contributed by atoms with Crippen molar-refractivity contribution in [3.63, 3.8) is 0 Å². The Balaban J connectivity index is 0.00000154. The lowest BCUT2D eigenvalue weighted by Gasteiger charge is -2.33. The normalized spacial score (nSPS) is 16.2. The van der Waals surface area contributed by atoms with Gasteiger partial charge in [-0.3, -0.25) is 0 Å². The van der Waals surface area contributed by atoms with E-state index in [1.54, 1.807) is 0 Å². The largest absolute Gasteiger partial charge is 0.444 e. The van der Waals surface area contributed by atoms with Gasteiger partial charge in [0.05, 0.1) is 0 Å². The van der Waals surface area contributed by atoms with E-state index in [-0.39, 0.29) is 12.1 Å². The number of thiocarbonyl (C=S) groups is 1. The summed E-state index contributed by atoms with van der Waals surface area (Å²) >= 11 is 4.91. The van der Waals surface area contributed by atoms with Crippen molar-refractivity contribution in [3.05, 3.63) is 0 Å². The number of ether oxygens (including phenoxy) is 1. The zero-order chi connectivity index (χ0) is 15.1. The van der Waals surface area contributed by atoms with E-state index >= 15 is 0 Å². The average molecular weight is 289 g/mol. The Morgan fingerprint density at radius 3 is 2.16 bits per heavy atom. The molecule has 0 aromatic heterocycles. The van der Waals surface area contributed by atoms with Crippen LogP contribution in [0.25, 0.3) is 0 Å². The summed E-state index contributed by atoms with van der Waals surface area (Å²) in [6.45, 7) is 11.1. The van der Waals surface area contributed by atoms with E-state index in [9.17, 15) is 4.79 Å². The van der Waals surface area contributed by atoms with E-state index in [0.29, 0.717) is 5.11 Å². The number of amides is 1. The van der Waals surface area contributed by atoms with Crippen molar-refractivity contribution in [2.24, 2.45) is 5.73 Å². The first kappa shape index (κ1) is 18.0. The standard InChI is InChI=1S/C11H21N3O2S.C2H6/c1-11(2,3)16-10(15)13-8-4-6-14(7-5-8)9(12)17;1-2/h8H,4-7H2,1-3H3,(H2,12,17)(H,13,15);1-2H3. The van der Waals surface area contributed by atoms with Gasteiger partial charge in [-0.25, -0.2) is 4.79 Å². The minimum absolute atomic E-state index is 0.149. The molecule has 1 aliphatic rings. The summed E-state index contributed by atoms with van der Waals surface area (Å²) in [4.78, 5) is 13.5. The fourth-order valence-electron chi connectivity index (χ4n) is 1.72. The average Bonchev–Trinajstić information content (AvgIpc) is 2.29. The van der Waals surface area contributed by atoms with Crippen molar-refractivity contribution in [2.75, 3.05) is 13.1 Å². The summed E-state index contributed by atoms with van der Waals surface area (Å²) in [7, 11) is 0. The molecule has 0 unspecified atom stereocenters. The highest BCUT2D eigenvalue weighted by Crippen LogP contribution is 2.12. The predicted octanol–water partition coefficient (Wildman–Crippen LogP) is 2.25. The third-order valence-corrected chi connectivity index (χ3v) is 2.79. The lowest BCUT2D eigenvalue weighted by Crippen LogP contribution is -2.48. The molecule has 0 spiro atoms. The van der Waals surface area contributed by atoms with Gasteiger partial charge in [-0.1, -0.05) is 13.8 Å². The number of piperidine rings is 1. The maximum absolute atomic E-state index is 11.5. The third kappa shape index (κ3) is 7.87. The minimum atomic E-state index is -0.455. The molecular formula is C13H27N3O2S. The number of alkyl carbamates (subject to hydrolysis) is 1. The Morgan fingerprint density at radius 1 is 1.32 bits per heavy atom. The van der Waals surface area contributed by atoms with E-state index < -0.39 is 5.60 Å². The van der Waals surface area contributed by atoms with Crippen molar-refractivity contribution < 1.29 is 9.53 Å². The number of nitrogens with one attached hydrogen (secondary N) is 1. The van der Waals surface area contributed by atoms with Gasteiger partial charge in [0.1, 0.15) is 5.60 Å².